The van der Waals surface area contributed by atoms with Crippen LogP contribution in [0.3, 0.4) is 0 Å². The molecule has 150 valence electrons. The van der Waals surface area contributed by atoms with Crippen molar-refractivity contribution in [2.45, 2.75) is 51.7 Å². The lowest BCUT2D eigenvalue weighted by molar-refractivity contribution is 0.0479. The molecule has 0 spiro atoms. The average molecular weight is 416 g/mol. The minimum atomic E-state index is -0.543. The number of amides is 3. The van der Waals surface area contributed by atoms with Crippen LogP contribution >= 0.6 is 23.2 Å². The molecule has 1 unspecified atom stereocenters. The van der Waals surface area contributed by atoms with Crippen LogP contribution in [0.15, 0.2) is 18.2 Å². The van der Waals surface area contributed by atoms with Crippen LogP contribution in [0.5, 0.6) is 0 Å². The maximum atomic E-state index is 12.4. The number of benzene rings is 1. The number of carbonyl (C=O) groups is 2. The third-order valence-electron chi connectivity index (χ3n) is 4.04. The molecule has 0 aliphatic carbocycles. The Bertz CT molecular complexity index is 656. The molecule has 1 aromatic rings. The maximum absolute atomic E-state index is 12.4. The van der Waals surface area contributed by atoms with Gasteiger partial charge >= 0.3 is 12.1 Å². The molecule has 1 fully saturated rings. The van der Waals surface area contributed by atoms with Gasteiger partial charge in [0.1, 0.15) is 5.60 Å². The van der Waals surface area contributed by atoms with Crippen molar-refractivity contribution in [2.24, 2.45) is 0 Å². The zero-order valence-corrected chi connectivity index (χ0v) is 17.5. The van der Waals surface area contributed by atoms with E-state index in [1.807, 2.05) is 32.9 Å². The van der Waals surface area contributed by atoms with Crippen LogP contribution in [0.2, 0.25) is 10.0 Å². The van der Waals surface area contributed by atoms with E-state index >= 15 is 0 Å². The third kappa shape index (κ3) is 7.85. The van der Waals surface area contributed by atoms with Gasteiger partial charge in [-0.1, -0.05) is 23.2 Å². The molecule has 2 rings (SSSR count). The van der Waals surface area contributed by atoms with E-state index < -0.39 is 11.7 Å². The highest BCUT2D eigenvalue weighted by molar-refractivity contribution is 6.34. The average Bonchev–Trinajstić information content (AvgIpc) is 2.52. The minimum absolute atomic E-state index is 0.105. The van der Waals surface area contributed by atoms with E-state index in [4.69, 9.17) is 27.9 Å². The predicted molar refractivity (Wildman–Crippen MR) is 108 cm³/mol. The summed E-state index contributed by atoms with van der Waals surface area (Å²) in [6.45, 7) is 7.08. The quantitative estimate of drug-likeness (QED) is 0.772. The molecular weight excluding hydrogens is 389 g/mol. The summed E-state index contributed by atoms with van der Waals surface area (Å²) in [5, 5.41) is 6.91. The summed E-state index contributed by atoms with van der Waals surface area (Å²) in [7, 11) is 0. The minimum Gasteiger partial charge on any atom is -0.444 e. The molecule has 2 N–H and O–H groups in total. The van der Waals surface area contributed by atoms with E-state index in [0.29, 0.717) is 36.1 Å². The summed E-state index contributed by atoms with van der Waals surface area (Å²) in [6, 6.07) is 5.10. The van der Waals surface area contributed by atoms with Gasteiger partial charge in [0.2, 0.25) is 0 Å². The molecule has 1 atom stereocenters. The number of nitrogens with one attached hydrogen (secondary N) is 2. The zero-order chi connectivity index (χ0) is 20.0. The predicted octanol–water partition coefficient (Wildman–Crippen LogP) is 4.23. The van der Waals surface area contributed by atoms with E-state index in [2.05, 4.69) is 10.6 Å². The van der Waals surface area contributed by atoms with Gasteiger partial charge in [0, 0.05) is 35.7 Å². The van der Waals surface area contributed by atoms with Crippen molar-refractivity contribution in [3.63, 3.8) is 0 Å². The first-order valence-corrected chi connectivity index (χ1v) is 9.85. The summed E-state index contributed by atoms with van der Waals surface area (Å²) < 4.78 is 5.28. The van der Waals surface area contributed by atoms with E-state index in [1.165, 1.54) is 0 Å². The smallest absolute Gasteiger partial charge is 0.407 e. The van der Waals surface area contributed by atoms with Crippen molar-refractivity contribution in [1.29, 1.82) is 0 Å². The van der Waals surface area contributed by atoms with Crippen LogP contribution < -0.4 is 10.6 Å². The van der Waals surface area contributed by atoms with E-state index in [9.17, 15) is 9.59 Å². The largest absolute Gasteiger partial charge is 0.444 e. The Morgan fingerprint density at radius 2 is 1.89 bits per heavy atom. The van der Waals surface area contributed by atoms with Crippen molar-refractivity contribution in [1.82, 2.24) is 15.5 Å². The second-order valence-electron chi connectivity index (χ2n) is 7.69. The Balaban J connectivity index is 1.77. The number of urea groups is 1. The van der Waals surface area contributed by atoms with Crippen molar-refractivity contribution >= 4 is 35.3 Å². The van der Waals surface area contributed by atoms with Crippen molar-refractivity contribution in [3.8, 4) is 0 Å². The number of nitrogens with zero attached hydrogens (tertiary/aromatic N) is 1. The molecule has 3 amide bonds. The molecule has 1 saturated heterocycles. The van der Waals surface area contributed by atoms with Crippen LogP contribution in [-0.4, -0.2) is 48.3 Å². The molecule has 1 aliphatic heterocycles. The number of alkyl carbamates (subject to hydrolysis) is 1. The Hall–Kier alpha value is -1.66. The fourth-order valence-electron chi connectivity index (χ4n) is 2.93. The molecule has 1 aromatic carbocycles. The molecule has 0 saturated carbocycles. The lowest BCUT2D eigenvalue weighted by atomic mass is 10.1. The van der Waals surface area contributed by atoms with Gasteiger partial charge in [-0.2, -0.15) is 0 Å². The van der Waals surface area contributed by atoms with Crippen LogP contribution in [0, 0.1) is 0 Å². The highest BCUT2D eigenvalue weighted by Gasteiger charge is 2.26. The summed E-state index contributed by atoms with van der Waals surface area (Å²) in [5.41, 5.74) is 0.426. The summed E-state index contributed by atoms with van der Waals surface area (Å²) in [4.78, 5) is 26.0. The number of likely N-dealkylation sites (tertiary alicyclic amines) is 1. The van der Waals surface area contributed by atoms with Gasteiger partial charge in [-0.3, -0.25) is 0 Å². The molecule has 0 bridgehead atoms. The Labute approximate surface area is 170 Å². The molecule has 8 heteroatoms. The highest BCUT2D eigenvalue weighted by Crippen LogP contribution is 2.19. The normalized spacial score (nSPS) is 17.4. The van der Waals surface area contributed by atoms with Gasteiger partial charge in [0.15, 0.2) is 0 Å². The number of piperidine rings is 1. The Kier molecular flexibility index (Phi) is 7.62. The zero-order valence-electron chi connectivity index (χ0n) is 16.0. The first kappa shape index (κ1) is 21.6. The van der Waals surface area contributed by atoms with E-state index in [-0.39, 0.29) is 12.1 Å². The molecule has 27 heavy (non-hydrogen) atoms. The fourth-order valence-corrected chi connectivity index (χ4v) is 3.51. The van der Waals surface area contributed by atoms with Gasteiger partial charge < -0.3 is 20.3 Å². The van der Waals surface area contributed by atoms with Gasteiger partial charge in [-0.05, 0) is 63.8 Å². The monoisotopic (exact) mass is 415 g/mol. The van der Waals surface area contributed by atoms with Crippen molar-refractivity contribution in [2.75, 3.05) is 19.6 Å². The second-order valence-corrected chi connectivity index (χ2v) is 8.56. The standard InChI is InChI=1S/C19H27Cl2N3O3/c1-19(2,3)27-18(26)23-16-5-4-8-24(12-16)17(25)22-7-6-13-9-14(20)11-15(21)10-13/h9-11,16H,4-8,12H2,1-3H3,(H,22,25)(H,23,26). The summed E-state index contributed by atoms with van der Waals surface area (Å²) >= 11 is 12.0. The molecule has 0 aromatic heterocycles. The van der Waals surface area contributed by atoms with Crippen molar-refractivity contribution < 1.29 is 14.3 Å². The number of ether oxygens (including phenoxy) is 1. The molecular formula is C19H27Cl2N3O3. The van der Waals surface area contributed by atoms with Gasteiger partial charge in [0.25, 0.3) is 0 Å². The van der Waals surface area contributed by atoms with E-state index in [1.54, 1.807) is 11.0 Å². The van der Waals surface area contributed by atoms with Crippen molar-refractivity contribution in [3.05, 3.63) is 33.8 Å². The summed E-state index contributed by atoms with van der Waals surface area (Å²) in [6.07, 6.45) is 1.84. The number of halogens is 2. The number of carbonyl (C=O) groups excluding carboxylic acids is 2. The number of hydrogen-bond acceptors (Lipinski definition) is 3. The van der Waals surface area contributed by atoms with Crippen LogP contribution in [0.25, 0.3) is 0 Å². The van der Waals surface area contributed by atoms with E-state index in [0.717, 1.165) is 18.4 Å². The fraction of sp³-hybridized carbons (Fsp3) is 0.579. The molecule has 6 nitrogen and oxygen atoms in total. The van der Waals surface area contributed by atoms with Crippen LogP contribution in [-0.2, 0) is 11.2 Å². The second kappa shape index (κ2) is 9.51. The lowest BCUT2D eigenvalue weighted by Crippen LogP contribution is -2.53. The van der Waals surface area contributed by atoms with Gasteiger partial charge in [-0.25, -0.2) is 9.59 Å². The van der Waals surface area contributed by atoms with Gasteiger partial charge in [0.05, 0.1) is 0 Å². The Morgan fingerprint density at radius 3 is 2.52 bits per heavy atom. The molecule has 1 aliphatic rings. The topological polar surface area (TPSA) is 70.7 Å². The third-order valence-corrected chi connectivity index (χ3v) is 4.48. The first-order valence-electron chi connectivity index (χ1n) is 9.09. The Morgan fingerprint density at radius 1 is 1.22 bits per heavy atom. The number of hydrogen-bond donors (Lipinski definition) is 2. The number of rotatable bonds is 4. The highest BCUT2D eigenvalue weighted by atomic mass is 35.5. The SMILES string of the molecule is CC(C)(C)OC(=O)NC1CCCN(C(=O)NCCc2cc(Cl)cc(Cl)c2)C1. The molecule has 0 radical (unpaired) electrons. The lowest BCUT2D eigenvalue weighted by Gasteiger charge is -2.33. The molecule has 1 heterocycles. The summed E-state index contributed by atoms with van der Waals surface area (Å²) in [5.74, 6) is 0. The first-order chi connectivity index (χ1) is 12.6. The van der Waals surface area contributed by atoms with Crippen LogP contribution in [0.4, 0.5) is 9.59 Å². The van der Waals surface area contributed by atoms with Crippen LogP contribution in [0.1, 0.15) is 39.2 Å². The maximum Gasteiger partial charge on any atom is 0.407 e. The van der Waals surface area contributed by atoms with Gasteiger partial charge in [-0.15, -0.1) is 0 Å².